The normalized spacial score (nSPS) is 13.2. The second-order valence-electron chi connectivity index (χ2n) is 12.0. The molecule has 1 aromatic rings. The number of hydrogen-bond donors (Lipinski definition) is 2. The van der Waals surface area contributed by atoms with E-state index in [-0.39, 0.29) is 28.7 Å². The van der Waals surface area contributed by atoms with Crippen molar-refractivity contribution in [2.75, 3.05) is 0 Å². The third-order valence-corrected chi connectivity index (χ3v) is 6.99. The van der Waals surface area contributed by atoms with E-state index in [9.17, 15) is 9.90 Å². The van der Waals surface area contributed by atoms with Crippen molar-refractivity contribution < 1.29 is 14.6 Å². The van der Waals surface area contributed by atoms with Gasteiger partial charge in [0.05, 0.1) is 5.25 Å². The molecule has 3 nitrogen and oxygen atoms in total. The highest BCUT2D eigenvalue weighted by Crippen LogP contribution is 2.40. The van der Waals surface area contributed by atoms with Crippen LogP contribution >= 0.6 is 12.6 Å². The molecule has 0 bridgehead atoms. The molecule has 0 fully saturated rings. The second-order valence-corrected chi connectivity index (χ2v) is 12.6. The van der Waals surface area contributed by atoms with Crippen molar-refractivity contribution in [3.8, 4) is 5.75 Å². The van der Waals surface area contributed by atoms with E-state index in [1.165, 1.54) is 57.8 Å². The molecule has 0 amide bonds. The molecule has 0 heterocycles. The van der Waals surface area contributed by atoms with E-state index in [1.807, 2.05) is 12.1 Å². The number of esters is 1. The summed E-state index contributed by atoms with van der Waals surface area (Å²) in [6.07, 6.45) is 15.0. The monoisotopic (exact) mass is 492 g/mol. The Morgan fingerprint density at radius 1 is 0.824 bits per heavy atom. The van der Waals surface area contributed by atoms with E-state index < -0.39 is 0 Å². The molecule has 1 unspecified atom stereocenters. The largest absolute Gasteiger partial charge is 0.507 e. The van der Waals surface area contributed by atoms with E-state index >= 15 is 0 Å². The molecule has 0 radical (unpaired) electrons. The van der Waals surface area contributed by atoms with Crippen molar-refractivity contribution in [3.63, 3.8) is 0 Å². The summed E-state index contributed by atoms with van der Waals surface area (Å²) < 4.78 is 5.62. The predicted molar refractivity (Wildman–Crippen MR) is 149 cm³/mol. The molecule has 0 saturated heterocycles. The number of aromatic hydroxyl groups is 1. The molecule has 0 saturated carbocycles. The van der Waals surface area contributed by atoms with Crippen LogP contribution in [0.3, 0.4) is 0 Å². The average Bonchev–Trinajstić information content (AvgIpc) is 2.74. The average molecular weight is 493 g/mol. The Hall–Kier alpha value is -1.16. The van der Waals surface area contributed by atoms with Crippen LogP contribution in [0.5, 0.6) is 5.75 Å². The first kappa shape index (κ1) is 30.9. The van der Waals surface area contributed by atoms with E-state index in [2.05, 4.69) is 61.1 Å². The summed E-state index contributed by atoms with van der Waals surface area (Å²) in [5.74, 6) is 0.0942. The number of carbonyl (C=O) groups excluding carboxylic acids is 1. The maximum Gasteiger partial charge on any atom is 0.319 e. The minimum absolute atomic E-state index is 0.203. The molecule has 0 spiro atoms. The van der Waals surface area contributed by atoms with Crippen LogP contribution in [-0.4, -0.2) is 16.3 Å². The van der Waals surface area contributed by atoms with E-state index in [0.717, 1.165) is 36.0 Å². The first-order chi connectivity index (χ1) is 15.9. The van der Waals surface area contributed by atoms with Crippen LogP contribution in [0.4, 0.5) is 0 Å². The lowest BCUT2D eigenvalue weighted by Gasteiger charge is -2.28. The van der Waals surface area contributed by atoms with Crippen molar-refractivity contribution >= 4 is 18.6 Å². The summed E-state index contributed by atoms with van der Waals surface area (Å²) in [6.45, 7) is 15.0. The second kappa shape index (κ2) is 15.1. The highest BCUT2D eigenvalue weighted by Gasteiger charge is 2.27. The summed E-state index contributed by atoms with van der Waals surface area (Å²) in [7, 11) is 0. The molecule has 1 N–H and O–H groups in total. The zero-order valence-electron chi connectivity index (χ0n) is 23.1. The van der Waals surface area contributed by atoms with Gasteiger partial charge in [0.15, 0.2) is 0 Å². The number of rotatable bonds is 15. The zero-order valence-corrected chi connectivity index (χ0v) is 24.0. The summed E-state index contributed by atoms with van der Waals surface area (Å²) in [4.78, 5) is 12.5. The topological polar surface area (TPSA) is 46.5 Å². The fraction of sp³-hybridized carbons (Fsp3) is 0.767. The van der Waals surface area contributed by atoms with Gasteiger partial charge in [0.2, 0.25) is 0 Å². The fourth-order valence-corrected chi connectivity index (χ4v) is 4.55. The first-order valence-electron chi connectivity index (χ1n) is 13.6. The highest BCUT2D eigenvalue weighted by atomic mass is 32.1. The summed E-state index contributed by atoms with van der Waals surface area (Å²) in [5.41, 5.74) is 2.27. The molecule has 4 heteroatoms. The number of benzene rings is 1. The number of thiol groups is 1. The van der Waals surface area contributed by atoms with Gasteiger partial charge in [-0.15, -0.1) is 0 Å². The molecular weight excluding hydrogens is 440 g/mol. The van der Waals surface area contributed by atoms with Gasteiger partial charge in [0, 0.05) is 0 Å². The molecule has 0 aliphatic heterocycles. The third-order valence-electron chi connectivity index (χ3n) is 6.52. The van der Waals surface area contributed by atoms with Gasteiger partial charge in [-0.05, 0) is 46.1 Å². The van der Waals surface area contributed by atoms with E-state index in [1.54, 1.807) is 0 Å². The Morgan fingerprint density at radius 2 is 1.24 bits per heavy atom. The lowest BCUT2D eigenvalue weighted by atomic mass is 9.78. The highest BCUT2D eigenvalue weighted by molar-refractivity contribution is 7.81. The number of phenolic OH excluding ortho intramolecular Hbond substituents is 1. The van der Waals surface area contributed by atoms with Crippen molar-refractivity contribution in [2.45, 2.75) is 148 Å². The molecular formula is C30H52O3S. The summed E-state index contributed by atoms with van der Waals surface area (Å²) >= 11 is 4.50. The van der Waals surface area contributed by atoms with E-state index in [4.69, 9.17) is 4.74 Å². The molecule has 1 aromatic carbocycles. The van der Waals surface area contributed by atoms with Crippen molar-refractivity contribution in [2.24, 2.45) is 0 Å². The fourth-order valence-electron chi connectivity index (χ4n) is 4.29. The predicted octanol–water partition coefficient (Wildman–Crippen LogP) is 9.03. The first-order valence-corrected chi connectivity index (χ1v) is 14.1. The van der Waals surface area contributed by atoms with Crippen LogP contribution in [0, 0.1) is 0 Å². The molecule has 0 aliphatic rings. The summed E-state index contributed by atoms with van der Waals surface area (Å²) in [5, 5.41) is 10.5. The SMILES string of the molecule is CCCCCCCCCCCCCC(S)C(=O)OCc1cc(C(C)(C)C)c(O)c(C(C)(C)C)c1. The number of carbonyl (C=O) groups is 1. The minimum atomic E-state index is -0.375. The van der Waals surface area contributed by atoms with Gasteiger partial charge in [0.25, 0.3) is 0 Å². The number of hydrogen-bond acceptors (Lipinski definition) is 4. The zero-order chi connectivity index (χ0) is 25.8. The molecule has 1 rings (SSSR count). The van der Waals surface area contributed by atoms with Crippen molar-refractivity contribution in [1.29, 1.82) is 0 Å². The van der Waals surface area contributed by atoms with Crippen LogP contribution in [0.25, 0.3) is 0 Å². The number of unbranched alkanes of at least 4 members (excludes halogenated alkanes) is 10. The lowest BCUT2D eigenvalue weighted by Crippen LogP contribution is -2.20. The Balaban J connectivity index is 2.43. The Labute approximate surface area is 215 Å². The van der Waals surface area contributed by atoms with Crippen LogP contribution in [0.1, 0.15) is 142 Å². The molecule has 0 aliphatic carbocycles. The van der Waals surface area contributed by atoms with Gasteiger partial charge in [0.1, 0.15) is 12.4 Å². The smallest absolute Gasteiger partial charge is 0.319 e. The van der Waals surface area contributed by atoms with E-state index in [0.29, 0.717) is 5.75 Å². The minimum Gasteiger partial charge on any atom is -0.507 e. The van der Waals surface area contributed by atoms with Gasteiger partial charge in [-0.25, -0.2) is 0 Å². The van der Waals surface area contributed by atoms with Crippen LogP contribution < -0.4 is 0 Å². The quantitative estimate of drug-likeness (QED) is 0.146. The number of ether oxygens (including phenoxy) is 1. The third kappa shape index (κ3) is 11.5. The maximum atomic E-state index is 12.5. The number of phenols is 1. The van der Waals surface area contributed by atoms with Gasteiger partial charge in [-0.2, -0.15) is 12.6 Å². The van der Waals surface area contributed by atoms with Crippen LogP contribution in [-0.2, 0) is 27.0 Å². The molecule has 1 atom stereocenters. The van der Waals surface area contributed by atoms with Gasteiger partial charge >= 0.3 is 5.97 Å². The lowest BCUT2D eigenvalue weighted by molar-refractivity contribution is -0.144. The maximum absolute atomic E-state index is 12.5. The van der Waals surface area contributed by atoms with Crippen molar-refractivity contribution in [1.82, 2.24) is 0 Å². The standard InChI is InChI=1S/C30H52O3S/c1-8-9-10-11-12-13-14-15-16-17-18-19-26(34)28(32)33-22-23-20-24(29(2,3)4)27(31)25(21-23)30(5,6)7/h20-21,26,31,34H,8-19,22H2,1-7H3. The molecule has 196 valence electrons. The van der Waals surface area contributed by atoms with Gasteiger partial charge in [-0.3, -0.25) is 4.79 Å². The van der Waals surface area contributed by atoms with Crippen molar-refractivity contribution in [3.05, 3.63) is 28.8 Å². The Morgan fingerprint density at radius 3 is 1.65 bits per heavy atom. The van der Waals surface area contributed by atoms with Crippen LogP contribution in [0.2, 0.25) is 0 Å². The summed E-state index contributed by atoms with van der Waals surface area (Å²) in [6, 6.07) is 3.93. The molecule has 34 heavy (non-hydrogen) atoms. The Bertz CT molecular complexity index is 693. The van der Waals surface area contributed by atoms with Gasteiger partial charge < -0.3 is 9.84 Å². The molecule has 0 aromatic heterocycles. The Kier molecular flexibility index (Phi) is 13.7. The van der Waals surface area contributed by atoms with Gasteiger partial charge in [-0.1, -0.05) is 119 Å². The van der Waals surface area contributed by atoms with Crippen LogP contribution in [0.15, 0.2) is 12.1 Å².